The van der Waals surface area contributed by atoms with E-state index in [1.165, 1.54) is 0 Å². The van der Waals surface area contributed by atoms with E-state index in [0.29, 0.717) is 17.5 Å². The Kier molecular flexibility index (Phi) is 3.74. The molecule has 1 heterocycles. The van der Waals surface area contributed by atoms with Crippen molar-refractivity contribution in [1.29, 1.82) is 0 Å². The van der Waals surface area contributed by atoms with Crippen molar-refractivity contribution in [2.75, 3.05) is 5.32 Å². The number of nitrogens with zero attached hydrogens (tertiary/aromatic N) is 2. The van der Waals surface area contributed by atoms with Gasteiger partial charge in [0.2, 0.25) is 5.91 Å². The summed E-state index contributed by atoms with van der Waals surface area (Å²) < 4.78 is 0. The number of para-hydroxylation sites is 2. The lowest BCUT2D eigenvalue weighted by Gasteiger charge is -2.10. The Morgan fingerprint density at radius 2 is 2.00 bits per heavy atom. The average Bonchev–Trinajstić information content (AvgIpc) is 2.38. The number of nitrogens with one attached hydrogen (secondary N) is 1. The molecular weight excluding hydrogens is 252 g/mol. The minimum Gasteiger partial charge on any atom is -0.320 e. The Bertz CT molecular complexity index is 587. The zero-order chi connectivity index (χ0) is 13.1. The number of nitrogens with two attached hydrogens (primary N) is 1. The molecule has 0 fully saturated rings. The average molecular weight is 265 g/mol. The van der Waals surface area contributed by atoms with Crippen molar-refractivity contribution in [2.24, 2.45) is 5.73 Å². The number of carbonyl (C=O) groups excluding carboxylic acids is 1. The lowest BCUT2D eigenvalue weighted by Crippen LogP contribution is -2.35. The third-order valence-electron chi connectivity index (χ3n) is 2.55. The van der Waals surface area contributed by atoms with Crippen molar-refractivity contribution in [3.8, 4) is 0 Å². The maximum atomic E-state index is 11.7. The van der Waals surface area contributed by atoms with Gasteiger partial charge >= 0.3 is 0 Å². The van der Waals surface area contributed by atoms with Crippen LogP contribution < -0.4 is 11.1 Å². The van der Waals surface area contributed by atoms with Gasteiger partial charge in [0.1, 0.15) is 0 Å². The van der Waals surface area contributed by atoms with Crippen LogP contribution in [0.2, 0.25) is 5.15 Å². The van der Waals surface area contributed by atoms with E-state index in [9.17, 15) is 4.79 Å². The van der Waals surface area contributed by atoms with Gasteiger partial charge in [0, 0.05) is 0 Å². The molecule has 0 saturated heterocycles. The van der Waals surface area contributed by atoms with Gasteiger partial charge in [0.05, 0.1) is 17.1 Å². The predicted molar refractivity (Wildman–Crippen MR) is 71.4 cm³/mol. The van der Waals surface area contributed by atoms with Gasteiger partial charge in [-0.15, -0.1) is 0 Å². The highest BCUT2D eigenvalue weighted by Crippen LogP contribution is 2.20. The molecule has 1 aromatic heterocycles. The number of anilines is 1. The first-order valence-electron chi connectivity index (χ1n) is 5.60. The largest absolute Gasteiger partial charge is 0.320 e. The molecule has 2 aromatic rings. The molecule has 0 aliphatic heterocycles. The molecule has 1 unspecified atom stereocenters. The fraction of sp³-hybridized carbons (Fsp3) is 0.250. The number of fused-ring (bicyclic) bond motifs is 1. The van der Waals surface area contributed by atoms with E-state index in [4.69, 9.17) is 17.3 Å². The van der Waals surface area contributed by atoms with Crippen LogP contribution in [0.3, 0.4) is 0 Å². The van der Waals surface area contributed by atoms with E-state index in [1.54, 1.807) is 12.1 Å². The highest BCUT2D eigenvalue weighted by atomic mass is 35.5. The number of hydrogen-bond acceptors (Lipinski definition) is 4. The number of aromatic nitrogens is 2. The molecule has 1 amide bonds. The Morgan fingerprint density at radius 3 is 2.61 bits per heavy atom. The van der Waals surface area contributed by atoms with Crippen LogP contribution in [0.25, 0.3) is 11.0 Å². The summed E-state index contributed by atoms with van der Waals surface area (Å²) in [5.41, 5.74) is 6.97. The second kappa shape index (κ2) is 5.29. The molecule has 5 nitrogen and oxygen atoms in total. The van der Waals surface area contributed by atoms with Crippen LogP contribution in [0.1, 0.15) is 13.3 Å². The normalized spacial score (nSPS) is 12.4. The van der Waals surface area contributed by atoms with E-state index < -0.39 is 6.04 Å². The molecule has 0 spiro atoms. The van der Waals surface area contributed by atoms with Gasteiger partial charge in [-0.25, -0.2) is 9.97 Å². The summed E-state index contributed by atoms with van der Waals surface area (Å²) in [7, 11) is 0. The van der Waals surface area contributed by atoms with Crippen LogP contribution in [0, 0.1) is 0 Å². The molecule has 18 heavy (non-hydrogen) atoms. The molecule has 94 valence electrons. The maximum Gasteiger partial charge on any atom is 0.242 e. The van der Waals surface area contributed by atoms with Crippen LogP contribution in [0.4, 0.5) is 5.82 Å². The third-order valence-corrected chi connectivity index (χ3v) is 2.81. The topological polar surface area (TPSA) is 80.9 Å². The van der Waals surface area contributed by atoms with Gasteiger partial charge in [-0.2, -0.15) is 0 Å². The number of hydrogen-bond donors (Lipinski definition) is 2. The van der Waals surface area contributed by atoms with E-state index in [0.717, 1.165) is 0 Å². The zero-order valence-corrected chi connectivity index (χ0v) is 10.6. The fourth-order valence-corrected chi connectivity index (χ4v) is 1.63. The van der Waals surface area contributed by atoms with Crippen molar-refractivity contribution in [3.05, 3.63) is 29.4 Å². The molecule has 6 heteroatoms. The van der Waals surface area contributed by atoms with Gasteiger partial charge in [-0.05, 0) is 18.6 Å². The van der Waals surface area contributed by atoms with Crippen LogP contribution in [0.15, 0.2) is 24.3 Å². The van der Waals surface area contributed by atoms with E-state index in [2.05, 4.69) is 15.3 Å². The number of benzene rings is 1. The number of amides is 1. The first kappa shape index (κ1) is 12.7. The second-order valence-electron chi connectivity index (χ2n) is 3.86. The van der Waals surface area contributed by atoms with Crippen molar-refractivity contribution in [3.63, 3.8) is 0 Å². The molecule has 0 bridgehead atoms. The Hall–Kier alpha value is -1.72. The third kappa shape index (κ3) is 2.57. The lowest BCUT2D eigenvalue weighted by molar-refractivity contribution is -0.117. The smallest absolute Gasteiger partial charge is 0.242 e. The highest BCUT2D eigenvalue weighted by molar-refractivity contribution is 6.32. The first-order chi connectivity index (χ1) is 8.61. The monoisotopic (exact) mass is 264 g/mol. The summed E-state index contributed by atoms with van der Waals surface area (Å²) in [5.74, 6) is -0.0757. The van der Waals surface area contributed by atoms with Crippen LogP contribution >= 0.6 is 11.6 Å². The SMILES string of the molecule is CCC(N)C(=O)Nc1nc2ccccc2nc1Cl. The number of rotatable bonds is 3. The van der Waals surface area contributed by atoms with Gasteiger partial charge < -0.3 is 11.1 Å². The van der Waals surface area contributed by atoms with Gasteiger partial charge in [-0.1, -0.05) is 30.7 Å². The molecule has 0 saturated carbocycles. The van der Waals surface area contributed by atoms with Crippen molar-refractivity contribution >= 4 is 34.4 Å². The summed E-state index contributed by atoms with van der Waals surface area (Å²) in [6.45, 7) is 1.83. The molecule has 1 aromatic carbocycles. The lowest BCUT2D eigenvalue weighted by atomic mass is 10.2. The summed E-state index contributed by atoms with van der Waals surface area (Å²) in [6, 6.07) is 6.72. The minimum atomic E-state index is -0.575. The Labute approximate surface area is 109 Å². The highest BCUT2D eigenvalue weighted by Gasteiger charge is 2.14. The molecule has 0 radical (unpaired) electrons. The van der Waals surface area contributed by atoms with Gasteiger partial charge in [0.25, 0.3) is 0 Å². The molecule has 2 rings (SSSR count). The van der Waals surface area contributed by atoms with E-state index >= 15 is 0 Å². The molecule has 0 aliphatic rings. The Morgan fingerprint density at radius 1 is 1.39 bits per heavy atom. The van der Waals surface area contributed by atoms with Crippen molar-refractivity contribution in [1.82, 2.24) is 9.97 Å². The zero-order valence-electron chi connectivity index (χ0n) is 9.85. The molecule has 3 N–H and O–H groups in total. The van der Waals surface area contributed by atoms with Crippen LogP contribution in [0.5, 0.6) is 0 Å². The van der Waals surface area contributed by atoms with Crippen molar-refractivity contribution in [2.45, 2.75) is 19.4 Å². The summed E-state index contributed by atoms with van der Waals surface area (Å²) in [5, 5.41) is 2.74. The first-order valence-corrected chi connectivity index (χ1v) is 5.98. The van der Waals surface area contributed by atoms with Gasteiger partial charge in [0.15, 0.2) is 11.0 Å². The van der Waals surface area contributed by atoms with E-state index in [1.807, 2.05) is 19.1 Å². The number of carbonyl (C=O) groups is 1. The second-order valence-corrected chi connectivity index (χ2v) is 4.21. The van der Waals surface area contributed by atoms with Gasteiger partial charge in [-0.3, -0.25) is 4.79 Å². The van der Waals surface area contributed by atoms with E-state index in [-0.39, 0.29) is 16.9 Å². The summed E-state index contributed by atoms with van der Waals surface area (Å²) in [4.78, 5) is 20.1. The van der Waals surface area contributed by atoms with Crippen LogP contribution in [-0.4, -0.2) is 21.9 Å². The quantitative estimate of drug-likeness (QED) is 0.888. The predicted octanol–water partition coefficient (Wildman–Crippen LogP) is 1.96. The Balaban J connectivity index is 2.33. The van der Waals surface area contributed by atoms with Crippen molar-refractivity contribution < 1.29 is 4.79 Å². The molecule has 0 aliphatic carbocycles. The fourth-order valence-electron chi connectivity index (χ4n) is 1.45. The summed E-state index contributed by atoms with van der Waals surface area (Å²) in [6.07, 6.45) is 0.546. The number of halogens is 1. The maximum absolute atomic E-state index is 11.7. The standard InChI is InChI=1S/C12H13ClN4O/c1-2-7(14)12(18)17-11-10(13)15-8-5-3-4-6-9(8)16-11/h3-7H,2,14H2,1H3,(H,16,17,18). The molecular formula is C12H13ClN4O. The molecule has 1 atom stereocenters. The summed E-state index contributed by atoms with van der Waals surface area (Å²) >= 11 is 5.97. The van der Waals surface area contributed by atoms with Crippen LogP contribution in [-0.2, 0) is 4.79 Å². The minimum absolute atomic E-state index is 0.158.